The van der Waals surface area contributed by atoms with Crippen LogP contribution < -0.4 is 11.3 Å². The fourth-order valence-electron chi connectivity index (χ4n) is 2.06. The molecule has 2 heterocycles. The summed E-state index contributed by atoms with van der Waals surface area (Å²) in [5.41, 5.74) is 5.10. The van der Waals surface area contributed by atoms with E-state index < -0.39 is 0 Å². The first kappa shape index (κ1) is 14.7. The molecule has 0 saturated heterocycles. The highest BCUT2D eigenvalue weighted by Gasteiger charge is 2.17. The van der Waals surface area contributed by atoms with Crippen LogP contribution >= 0.6 is 11.6 Å². The van der Waals surface area contributed by atoms with Crippen LogP contribution in [0.2, 0.25) is 5.02 Å². The van der Waals surface area contributed by atoms with Crippen molar-refractivity contribution in [1.82, 2.24) is 19.7 Å². The number of nitrogens with zero attached hydrogens (tertiary/aromatic N) is 4. The van der Waals surface area contributed by atoms with Gasteiger partial charge in [0.15, 0.2) is 5.82 Å². The largest absolute Gasteiger partial charge is 0.308 e. The summed E-state index contributed by atoms with van der Waals surface area (Å²) in [6.07, 6.45) is 1.75. The Morgan fingerprint density at radius 2 is 1.95 bits per heavy atom. The standard InChI is InChI=1S/C13H19ClN6/c1-5-6-10-16-12(18-15)7(2)13(17-10)20-9(4)11(14)8(3)19-20/h5-6,15H2,1-4H3,(H,16,17,18). The molecule has 7 heteroatoms. The van der Waals surface area contributed by atoms with Crippen LogP contribution in [0.1, 0.15) is 36.1 Å². The lowest BCUT2D eigenvalue weighted by Crippen LogP contribution is -2.16. The van der Waals surface area contributed by atoms with Crippen LogP contribution in [0.5, 0.6) is 0 Å². The van der Waals surface area contributed by atoms with Crippen LogP contribution in [0.4, 0.5) is 5.82 Å². The van der Waals surface area contributed by atoms with E-state index in [0.29, 0.717) is 16.7 Å². The molecule has 0 aliphatic rings. The molecule has 0 aliphatic heterocycles. The van der Waals surface area contributed by atoms with Crippen LogP contribution in [0.25, 0.3) is 5.82 Å². The molecule has 3 N–H and O–H groups in total. The molecule has 0 aromatic carbocycles. The predicted molar refractivity (Wildman–Crippen MR) is 80.2 cm³/mol. The van der Waals surface area contributed by atoms with E-state index in [4.69, 9.17) is 17.4 Å². The van der Waals surface area contributed by atoms with E-state index in [2.05, 4.69) is 27.4 Å². The Kier molecular flexibility index (Phi) is 4.25. The first-order valence-corrected chi connectivity index (χ1v) is 6.93. The number of aryl methyl sites for hydroxylation is 2. The molecule has 20 heavy (non-hydrogen) atoms. The van der Waals surface area contributed by atoms with Gasteiger partial charge in [-0.05, 0) is 27.2 Å². The molecular formula is C13H19ClN6. The maximum atomic E-state index is 6.21. The van der Waals surface area contributed by atoms with Crippen molar-refractivity contribution in [2.24, 2.45) is 5.84 Å². The monoisotopic (exact) mass is 294 g/mol. The van der Waals surface area contributed by atoms with E-state index in [1.54, 1.807) is 4.68 Å². The van der Waals surface area contributed by atoms with Crippen molar-refractivity contribution in [2.45, 2.75) is 40.5 Å². The Balaban J connectivity index is 2.65. The molecule has 0 amide bonds. The molecular weight excluding hydrogens is 276 g/mol. The van der Waals surface area contributed by atoms with Crippen molar-refractivity contribution >= 4 is 17.4 Å². The minimum absolute atomic E-state index is 0.613. The highest BCUT2D eigenvalue weighted by atomic mass is 35.5. The number of nitrogens with one attached hydrogen (secondary N) is 1. The molecule has 108 valence electrons. The molecule has 0 fully saturated rings. The maximum absolute atomic E-state index is 6.21. The van der Waals surface area contributed by atoms with E-state index in [1.165, 1.54) is 0 Å². The van der Waals surface area contributed by atoms with Crippen molar-refractivity contribution in [3.05, 3.63) is 27.8 Å². The van der Waals surface area contributed by atoms with Gasteiger partial charge in [0.2, 0.25) is 0 Å². The summed E-state index contributed by atoms with van der Waals surface area (Å²) in [6.45, 7) is 7.78. The molecule has 2 rings (SSSR count). The lowest BCUT2D eigenvalue weighted by atomic mass is 10.2. The van der Waals surface area contributed by atoms with Crippen molar-refractivity contribution in [2.75, 3.05) is 5.43 Å². The van der Waals surface area contributed by atoms with E-state index in [1.807, 2.05) is 20.8 Å². The zero-order valence-electron chi connectivity index (χ0n) is 12.2. The van der Waals surface area contributed by atoms with E-state index >= 15 is 0 Å². The van der Waals surface area contributed by atoms with Crippen molar-refractivity contribution in [3.8, 4) is 5.82 Å². The van der Waals surface area contributed by atoms with Gasteiger partial charge < -0.3 is 5.43 Å². The van der Waals surface area contributed by atoms with Gasteiger partial charge in [-0.1, -0.05) is 18.5 Å². The maximum Gasteiger partial charge on any atom is 0.162 e. The predicted octanol–water partition coefficient (Wildman–Crippen LogP) is 2.48. The van der Waals surface area contributed by atoms with E-state index in [0.717, 1.165) is 35.6 Å². The summed E-state index contributed by atoms with van der Waals surface area (Å²) >= 11 is 6.21. The Morgan fingerprint density at radius 3 is 2.45 bits per heavy atom. The summed E-state index contributed by atoms with van der Waals surface area (Å²) in [7, 11) is 0. The quantitative estimate of drug-likeness (QED) is 0.669. The fourth-order valence-corrected chi connectivity index (χ4v) is 2.18. The lowest BCUT2D eigenvalue weighted by Gasteiger charge is -2.12. The number of rotatable bonds is 4. The average Bonchev–Trinajstić information content (AvgIpc) is 2.68. The molecule has 2 aromatic rings. The lowest BCUT2D eigenvalue weighted by molar-refractivity contribution is 0.759. The molecule has 0 bridgehead atoms. The zero-order valence-corrected chi connectivity index (χ0v) is 12.9. The number of anilines is 1. The van der Waals surface area contributed by atoms with Gasteiger partial charge in [0.05, 0.1) is 16.4 Å². The number of halogens is 1. The number of hydrogen-bond donors (Lipinski definition) is 2. The van der Waals surface area contributed by atoms with Gasteiger partial charge in [-0.15, -0.1) is 0 Å². The summed E-state index contributed by atoms with van der Waals surface area (Å²) < 4.78 is 1.74. The minimum atomic E-state index is 0.613. The first-order valence-electron chi connectivity index (χ1n) is 6.55. The van der Waals surface area contributed by atoms with Gasteiger partial charge >= 0.3 is 0 Å². The molecule has 0 atom stereocenters. The molecule has 2 aromatic heterocycles. The highest BCUT2D eigenvalue weighted by molar-refractivity contribution is 6.31. The highest BCUT2D eigenvalue weighted by Crippen LogP contribution is 2.25. The topological polar surface area (TPSA) is 81.6 Å². The second kappa shape index (κ2) is 5.76. The number of aromatic nitrogens is 4. The number of nitrogens with two attached hydrogens (primary N) is 1. The van der Waals surface area contributed by atoms with Gasteiger partial charge in [-0.25, -0.2) is 20.5 Å². The Bertz CT molecular complexity index is 634. The molecule has 6 nitrogen and oxygen atoms in total. The Morgan fingerprint density at radius 1 is 1.25 bits per heavy atom. The summed E-state index contributed by atoms with van der Waals surface area (Å²) in [6, 6.07) is 0. The van der Waals surface area contributed by atoms with Gasteiger partial charge in [0, 0.05) is 12.0 Å². The van der Waals surface area contributed by atoms with Gasteiger partial charge in [0.25, 0.3) is 0 Å². The Labute approximate surface area is 123 Å². The van der Waals surface area contributed by atoms with Crippen LogP contribution in [-0.4, -0.2) is 19.7 Å². The summed E-state index contributed by atoms with van der Waals surface area (Å²) in [5.74, 6) is 7.61. The summed E-state index contributed by atoms with van der Waals surface area (Å²) in [5, 5.41) is 5.10. The molecule has 0 radical (unpaired) electrons. The number of nitrogen functional groups attached to an aromatic ring is 1. The van der Waals surface area contributed by atoms with Gasteiger partial charge in [0.1, 0.15) is 11.6 Å². The second-order valence-corrected chi connectivity index (χ2v) is 5.11. The minimum Gasteiger partial charge on any atom is -0.308 e. The summed E-state index contributed by atoms with van der Waals surface area (Å²) in [4.78, 5) is 9.00. The van der Waals surface area contributed by atoms with Crippen LogP contribution in [-0.2, 0) is 6.42 Å². The van der Waals surface area contributed by atoms with E-state index in [9.17, 15) is 0 Å². The van der Waals surface area contributed by atoms with Crippen LogP contribution in [0, 0.1) is 20.8 Å². The third-order valence-electron chi connectivity index (χ3n) is 3.18. The third kappa shape index (κ3) is 2.48. The van der Waals surface area contributed by atoms with Crippen LogP contribution in [0.3, 0.4) is 0 Å². The van der Waals surface area contributed by atoms with Crippen molar-refractivity contribution in [1.29, 1.82) is 0 Å². The molecule has 0 spiro atoms. The van der Waals surface area contributed by atoms with E-state index in [-0.39, 0.29) is 0 Å². The normalized spacial score (nSPS) is 10.9. The molecule has 0 saturated carbocycles. The van der Waals surface area contributed by atoms with Gasteiger partial charge in [-0.2, -0.15) is 5.10 Å². The fraction of sp³-hybridized carbons (Fsp3) is 0.462. The smallest absolute Gasteiger partial charge is 0.162 e. The molecule has 0 aliphatic carbocycles. The number of hydrazine groups is 1. The SMILES string of the molecule is CCCc1nc(NN)c(C)c(-n2nc(C)c(Cl)c2C)n1. The zero-order chi connectivity index (χ0) is 14.9. The van der Waals surface area contributed by atoms with Crippen molar-refractivity contribution < 1.29 is 0 Å². The second-order valence-electron chi connectivity index (χ2n) is 4.73. The van der Waals surface area contributed by atoms with Gasteiger partial charge in [-0.3, -0.25) is 0 Å². The number of hydrogen-bond acceptors (Lipinski definition) is 5. The van der Waals surface area contributed by atoms with Crippen LogP contribution in [0.15, 0.2) is 0 Å². The molecule has 0 unspecified atom stereocenters. The average molecular weight is 295 g/mol. The third-order valence-corrected chi connectivity index (χ3v) is 3.73. The Hall–Kier alpha value is -1.66. The first-order chi connectivity index (χ1) is 9.49. The van der Waals surface area contributed by atoms with Crippen molar-refractivity contribution in [3.63, 3.8) is 0 Å².